The fourth-order valence-corrected chi connectivity index (χ4v) is 1.15. The maximum atomic E-state index is 11.2. The van der Waals surface area contributed by atoms with Crippen molar-refractivity contribution in [1.82, 2.24) is 0 Å². The number of alkyl halides is 1. The summed E-state index contributed by atoms with van der Waals surface area (Å²) in [6.45, 7) is 0. The van der Waals surface area contributed by atoms with Crippen molar-refractivity contribution in [1.29, 1.82) is 5.26 Å². The van der Waals surface area contributed by atoms with Crippen LogP contribution in [0.3, 0.4) is 0 Å². The molecular formula is C9H7ClN2O2. The average molecular weight is 211 g/mol. The summed E-state index contributed by atoms with van der Waals surface area (Å²) in [5.41, 5.74) is 5.65. The minimum Gasteiger partial charge on any atom is -0.506 e. The first-order chi connectivity index (χ1) is 6.60. The second-order valence-electron chi connectivity index (χ2n) is 2.63. The van der Waals surface area contributed by atoms with Crippen LogP contribution >= 0.6 is 11.6 Å². The molecule has 0 bridgehead atoms. The van der Waals surface area contributed by atoms with E-state index in [2.05, 4.69) is 0 Å². The zero-order valence-electron chi connectivity index (χ0n) is 7.12. The van der Waals surface area contributed by atoms with Gasteiger partial charge in [-0.05, 0) is 12.1 Å². The molecule has 0 aromatic heterocycles. The second kappa shape index (κ2) is 3.99. The summed E-state index contributed by atoms with van der Waals surface area (Å²) < 4.78 is 0. The van der Waals surface area contributed by atoms with Crippen LogP contribution in [0.15, 0.2) is 12.1 Å². The lowest BCUT2D eigenvalue weighted by Gasteiger charge is -2.05. The number of nitrogens with zero attached hydrogens (tertiary/aromatic N) is 1. The van der Waals surface area contributed by atoms with E-state index in [0.717, 1.165) is 0 Å². The van der Waals surface area contributed by atoms with Crippen LogP contribution in [0.25, 0.3) is 0 Å². The van der Waals surface area contributed by atoms with Gasteiger partial charge in [0.05, 0.1) is 23.2 Å². The van der Waals surface area contributed by atoms with Gasteiger partial charge in [-0.3, -0.25) is 4.79 Å². The number of aromatic hydroxyl groups is 1. The Bertz CT molecular complexity index is 424. The molecule has 0 saturated carbocycles. The molecule has 14 heavy (non-hydrogen) atoms. The van der Waals surface area contributed by atoms with Crippen LogP contribution in [0.4, 0.5) is 5.69 Å². The van der Waals surface area contributed by atoms with Crippen LogP contribution in [-0.2, 0) is 0 Å². The van der Waals surface area contributed by atoms with Crippen LogP contribution in [0.5, 0.6) is 5.75 Å². The van der Waals surface area contributed by atoms with Crippen molar-refractivity contribution in [2.75, 3.05) is 11.6 Å². The largest absolute Gasteiger partial charge is 0.506 e. The molecule has 0 aliphatic heterocycles. The summed E-state index contributed by atoms with van der Waals surface area (Å²) >= 11 is 5.34. The van der Waals surface area contributed by atoms with Crippen molar-refractivity contribution in [2.24, 2.45) is 0 Å². The highest BCUT2D eigenvalue weighted by Crippen LogP contribution is 2.26. The van der Waals surface area contributed by atoms with E-state index < -0.39 is 5.78 Å². The molecule has 0 radical (unpaired) electrons. The Kier molecular flexibility index (Phi) is 2.95. The topological polar surface area (TPSA) is 87.1 Å². The third kappa shape index (κ3) is 1.78. The number of rotatable bonds is 2. The number of nitriles is 1. The number of nitrogen functional groups attached to an aromatic ring is 1. The van der Waals surface area contributed by atoms with Gasteiger partial charge in [-0.1, -0.05) is 0 Å². The van der Waals surface area contributed by atoms with E-state index in [1.165, 1.54) is 12.1 Å². The van der Waals surface area contributed by atoms with E-state index >= 15 is 0 Å². The standard InChI is InChI=1S/C9H7ClN2O2/c10-3-8(14)6-1-5(4-11)2-7(13)9(6)12/h1-2,13H,3,12H2. The Morgan fingerprint density at radius 3 is 2.79 bits per heavy atom. The number of hydrogen-bond acceptors (Lipinski definition) is 4. The lowest BCUT2D eigenvalue weighted by Crippen LogP contribution is -2.05. The van der Waals surface area contributed by atoms with Crippen molar-refractivity contribution < 1.29 is 9.90 Å². The summed E-state index contributed by atoms with van der Waals surface area (Å²) in [6.07, 6.45) is 0. The Hall–Kier alpha value is -1.73. The summed E-state index contributed by atoms with van der Waals surface area (Å²) in [5, 5.41) is 17.9. The van der Waals surface area contributed by atoms with Gasteiger partial charge in [0.15, 0.2) is 5.78 Å². The van der Waals surface area contributed by atoms with E-state index in [1.807, 2.05) is 0 Å². The molecule has 1 aromatic carbocycles. The van der Waals surface area contributed by atoms with Crippen LogP contribution in [0.1, 0.15) is 15.9 Å². The van der Waals surface area contributed by atoms with Crippen molar-refractivity contribution in [3.63, 3.8) is 0 Å². The van der Waals surface area contributed by atoms with Gasteiger partial charge in [0, 0.05) is 5.56 Å². The van der Waals surface area contributed by atoms with Crippen LogP contribution in [-0.4, -0.2) is 16.8 Å². The van der Waals surface area contributed by atoms with E-state index in [0.29, 0.717) is 0 Å². The molecule has 0 amide bonds. The highest BCUT2D eigenvalue weighted by atomic mass is 35.5. The highest BCUT2D eigenvalue weighted by molar-refractivity contribution is 6.31. The molecule has 0 saturated heterocycles. The zero-order chi connectivity index (χ0) is 10.7. The first kappa shape index (κ1) is 10.4. The molecule has 3 N–H and O–H groups in total. The van der Waals surface area contributed by atoms with Gasteiger partial charge in [0.1, 0.15) is 5.75 Å². The number of halogens is 1. The normalized spacial score (nSPS) is 9.43. The molecule has 0 aliphatic rings. The molecule has 0 unspecified atom stereocenters. The summed E-state index contributed by atoms with van der Waals surface area (Å²) in [7, 11) is 0. The van der Waals surface area contributed by atoms with E-state index in [9.17, 15) is 9.90 Å². The monoisotopic (exact) mass is 210 g/mol. The third-order valence-corrected chi connectivity index (χ3v) is 1.95. The van der Waals surface area contributed by atoms with Gasteiger partial charge >= 0.3 is 0 Å². The Labute approximate surface area is 85.5 Å². The Morgan fingerprint density at radius 1 is 1.64 bits per heavy atom. The number of carbonyl (C=O) groups is 1. The van der Waals surface area contributed by atoms with Crippen molar-refractivity contribution in [3.8, 4) is 11.8 Å². The van der Waals surface area contributed by atoms with Crippen LogP contribution in [0.2, 0.25) is 0 Å². The number of anilines is 1. The molecule has 4 nitrogen and oxygen atoms in total. The molecular weight excluding hydrogens is 204 g/mol. The Balaban J connectivity index is 3.36. The Morgan fingerprint density at radius 2 is 2.29 bits per heavy atom. The van der Waals surface area contributed by atoms with Gasteiger partial charge in [-0.15, -0.1) is 11.6 Å². The summed E-state index contributed by atoms with van der Waals surface area (Å²) in [4.78, 5) is 11.2. The van der Waals surface area contributed by atoms with Gasteiger partial charge in [0.25, 0.3) is 0 Å². The van der Waals surface area contributed by atoms with Crippen LogP contribution in [0, 0.1) is 11.3 Å². The lowest BCUT2D eigenvalue weighted by atomic mass is 10.1. The maximum absolute atomic E-state index is 11.2. The lowest BCUT2D eigenvalue weighted by molar-refractivity contribution is 0.102. The number of nitrogens with two attached hydrogens (primary N) is 1. The van der Waals surface area contributed by atoms with Gasteiger partial charge in [-0.25, -0.2) is 0 Å². The van der Waals surface area contributed by atoms with Gasteiger partial charge < -0.3 is 10.8 Å². The SMILES string of the molecule is N#Cc1cc(O)c(N)c(C(=O)CCl)c1. The molecule has 0 aliphatic carbocycles. The number of phenolic OH excluding ortho intramolecular Hbond substituents is 1. The quantitative estimate of drug-likeness (QED) is 0.333. The smallest absolute Gasteiger partial charge is 0.179 e. The number of Topliss-reactive ketones (excluding diaryl/α,β-unsaturated/α-hetero) is 1. The molecule has 5 heteroatoms. The molecule has 0 heterocycles. The number of hydrogen-bond donors (Lipinski definition) is 2. The van der Waals surface area contributed by atoms with Crippen molar-refractivity contribution in [3.05, 3.63) is 23.3 Å². The predicted octanol–water partition coefficient (Wildman–Crippen LogP) is 1.27. The second-order valence-corrected chi connectivity index (χ2v) is 2.89. The van der Waals surface area contributed by atoms with Gasteiger partial charge in [0.2, 0.25) is 0 Å². The fourth-order valence-electron chi connectivity index (χ4n) is 1.01. The van der Waals surface area contributed by atoms with E-state index in [1.54, 1.807) is 6.07 Å². The van der Waals surface area contributed by atoms with Crippen molar-refractivity contribution in [2.45, 2.75) is 0 Å². The minimum atomic E-state index is -0.420. The van der Waals surface area contributed by atoms with Crippen molar-refractivity contribution >= 4 is 23.1 Å². The number of ketones is 1. The summed E-state index contributed by atoms with van der Waals surface area (Å²) in [6, 6.07) is 4.30. The zero-order valence-corrected chi connectivity index (χ0v) is 7.88. The first-order valence-corrected chi connectivity index (χ1v) is 4.25. The van der Waals surface area contributed by atoms with E-state index in [4.69, 9.17) is 22.6 Å². The van der Waals surface area contributed by atoms with E-state index in [-0.39, 0.29) is 28.4 Å². The summed E-state index contributed by atoms with van der Waals surface area (Å²) in [5.74, 6) is -0.938. The number of carbonyl (C=O) groups excluding carboxylic acids is 1. The third-order valence-electron chi connectivity index (χ3n) is 1.71. The fraction of sp³-hybridized carbons (Fsp3) is 0.111. The molecule has 72 valence electrons. The number of phenols is 1. The minimum absolute atomic E-state index is 0.0466. The maximum Gasteiger partial charge on any atom is 0.179 e. The molecule has 0 atom stereocenters. The van der Waals surface area contributed by atoms with Gasteiger partial charge in [-0.2, -0.15) is 5.26 Å². The molecule has 0 fully saturated rings. The first-order valence-electron chi connectivity index (χ1n) is 3.72. The highest BCUT2D eigenvalue weighted by Gasteiger charge is 2.13. The number of benzene rings is 1. The van der Waals surface area contributed by atoms with Crippen LogP contribution < -0.4 is 5.73 Å². The molecule has 1 aromatic rings. The molecule has 0 spiro atoms. The average Bonchev–Trinajstić information content (AvgIpc) is 2.20. The molecule has 1 rings (SSSR count). The predicted molar refractivity (Wildman–Crippen MR) is 52.3 cm³/mol.